The van der Waals surface area contributed by atoms with Crippen molar-refractivity contribution in [1.29, 1.82) is 0 Å². The predicted molar refractivity (Wildman–Crippen MR) is 63.6 cm³/mol. The van der Waals surface area contributed by atoms with Gasteiger partial charge in [-0.3, -0.25) is 0 Å². The lowest BCUT2D eigenvalue weighted by atomic mass is 10.2. The van der Waals surface area contributed by atoms with E-state index >= 15 is 0 Å². The Balaban J connectivity index is 0.000000366. The minimum Gasteiger partial charge on any atom is -0.473 e. The summed E-state index contributed by atoms with van der Waals surface area (Å²) >= 11 is 0. The number of hydrogen-bond acceptors (Lipinski definition) is 3. The van der Waals surface area contributed by atoms with E-state index in [1.807, 2.05) is 24.3 Å². The van der Waals surface area contributed by atoms with Crippen molar-refractivity contribution in [2.75, 3.05) is 6.54 Å². The fraction of sp³-hybridized carbons (Fsp3) is 0.167. The van der Waals surface area contributed by atoms with Gasteiger partial charge in [-0.2, -0.15) is 0 Å². The van der Waals surface area contributed by atoms with Crippen LogP contribution in [0.4, 0.5) is 0 Å². The summed E-state index contributed by atoms with van der Waals surface area (Å²) in [7, 11) is 0. The van der Waals surface area contributed by atoms with E-state index in [0.29, 0.717) is 0 Å². The fourth-order valence-corrected chi connectivity index (χ4v) is 0.914. The molecule has 0 spiro atoms. The largest absolute Gasteiger partial charge is 0.473 e. The highest BCUT2D eigenvalue weighted by molar-refractivity contribution is 6.27. The molecule has 0 unspecified atom stereocenters. The third-order valence-corrected chi connectivity index (χ3v) is 1.64. The second-order valence-corrected chi connectivity index (χ2v) is 3.02. The molecule has 1 aromatic carbocycles. The standard InChI is InChI=1S/C10H13N.C2H2O4/c1-2-8-11-9-10-6-4-3-5-7-10;3-1(4)2(5)6/h2-7,11H,1,8-9H2;(H,3,4)(H,5,6). The van der Waals surface area contributed by atoms with Gasteiger partial charge in [0.2, 0.25) is 0 Å². The molecule has 0 aliphatic rings. The Morgan fingerprint density at radius 1 is 1.18 bits per heavy atom. The lowest BCUT2D eigenvalue weighted by Gasteiger charge is -1.99. The summed E-state index contributed by atoms with van der Waals surface area (Å²) in [6, 6.07) is 10.3. The van der Waals surface area contributed by atoms with E-state index in [1.165, 1.54) is 5.56 Å². The molecular formula is C12H15NO4. The van der Waals surface area contributed by atoms with Gasteiger partial charge in [0.05, 0.1) is 0 Å². The van der Waals surface area contributed by atoms with Gasteiger partial charge in [-0.05, 0) is 5.56 Å². The summed E-state index contributed by atoms with van der Waals surface area (Å²) in [4.78, 5) is 18.2. The van der Waals surface area contributed by atoms with Gasteiger partial charge in [0.15, 0.2) is 0 Å². The van der Waals surface area contributed by atoms with E-state index in [4.69, 9.17) is 19.8 Å². The van der Waals surface area contributed by atoms with Crippen molar-refractivity contribution >= 4 is 11.9 Å². The van der Waals surface area contributed by atoms with Crippen molar-refractivity contribution in [3.8, 4) is 0 Å². The molecule has 3 N–H and O–H groups in total. The number of carboxylic acids is 2. The Morgan fingerprint density at radius 2 is 1.71 bits per heavy atom. The van der Waals surface area contributed by atoms with Crippen molar-refractivity contribution < 1.29 is 19.8 Å². The Labute approximate surface area is 99.4 Å². The highest BCUT2D eigenvalue weighted by Crippen LogP contribution is 1.96. The van der Waals surface area contributed by atoms with E-state index in [9.17, 15) is 0 Å². The molecule has 5 heteroatoms. The Kier molecular flexibility index (Phi) is 7.97. The molecular weight excluding hydrogens is 222 g/mol. The third-order valence-electron chi connectivity index (χ3n) is 1.64. The van der Waals surface area contributed by atoms with Gasteiger partial charge in [-0.1, -0.05) is 36.4 Å². The number of hydrogen-bond donors (Lipinski definition) is 3. The van der Waals surface area contributed by atoms with Gasteiger partial charge in [0, 0.05) is 13.1 Å². The Hall–Kier alpha value is -2.14. The van der Waals surface area contributed by atoms with Crippen molar-refractivity contribution in [3.63, 3.8) is 0 Å². The van der Waals surface area contributed by atoms with Crippen LogP contribution in [0.5, 0.6) is 0 Å². The molecule has 0 fully saturated rings. The van der Waals surface area contributed by atoms with Crippen LogP contribution in [0.1, 0.15) is 5.56 Å². The van der Waals surface area contributed by atoms with Gasteiger partial charge in [-0.15, -0.1) is 6.58 Å². The maximum Gasteiger partial charge on any atom is 0.414 e. The number of rotatable bonds is 4. The smallest absolute Gasteiger partial charge is 0.414 e. The summed E-state index contributed by atoms with van der Waals surface area (Å²) < 4.78 is 0. The first kappa shape index (κ1) is 14.9. The highest BCUT2D eigenvalue weighted by atomic mass is 16.4. The van der Waals surface area contributed by atoms with Crippen LogP contribution < -0.4 is 5.32 Å². The monoisotopic (exact) mass is 237 g/mol. The average molecular weight is 237 g/mol. The molecule has 0 bridgehead atoms. The van der Waals surface area contributed by atoms with Crippen molar-refractivity contribution in [2.45, 2.75) is 6.54 Å². The first-order chi connectivity index (χ1) is 8.07. The molecule has 17 heavy (non-hydrogen) atoms. The van der Waals surface area contributed by atoms with Crippen LogP contribution in [-0.2, 0) is 16.1 Å². The lowest BCUT2D eigenvalue weighted by Crippen LogP contribution is -2.12. The molecule has 0 aliphatic carbocycles. The van der Waals surface area contributed by atoms with Gasteiger partial charge in [-0.25, -0.2) is 9.59 Å². The van der Waals surface area contributed by atoms with Gasteiger partial charge < -0.3 is 15.5 Å². The molecule has 0 saturated carbocycles. The maximum absolute atomic E-state index is 9.10. The number of aliphatic carboxylic acids is 2. The molecule has 0 radical (unpaired) electrons. The molecule has 0 aromatic heterocycles. The molecule has 0 aliphatic heterocycles. The Morgan fingerprint density at radius 3 is 2.12 bits per heavy atom. The molecule has 92 valence electrons. The van der Waals surface area contributed by atoms with Crippen LogP contribution in [0.2, 0.25) is 0 Å². The van der Waals surface area contributed by atoms with E-state index in [0.717, 1.165) is 13.1 Å². The molecule has 0 amide bonds. The van der Waals surface area contributed by atoms with Gasteiger partial charge in [0.25, 0.3) is 0 Å². The van der Waals surface area contributed by atoms with Crippen molar-refractivity contribution in [3.05, 3.63) is 48.6 Å². The van der Waals surface area contributed by atoms with Gasteiger partial charge in [0.1, 0.15) is 0 Å². The summed E-state index contributed by atoms with van der Waals surface area (Å²) in [6.07, 6.45) is 1.86. The number of benzene rings is 1. The summed E-state index contributed by atoms with van der Waals surface area (Å²) in [5.74, 6) is -3.65. The zero-order chi connectivity index (χ0) is 13.1. The third kappa shape index (κ3) is 8.83. The molecule has 0 saturated heterocycles. The number of carbonyl (C=O) groups is 2. The normalized spacial score (nSPS) is 8.71. The zero-order valence-corrected chi connectivity index (χ0v) is 9.30. The summed E-state index contributed by atoms with van der Waals surface area (Å²) in [5.41, 5.74) is 1.31. The van der Waals surface area contributed by atoms with Crippen molar-refractivity contribution in [1.82, 2.24) is 5.32 Å². The molecule has 0 heterocycles. The number of carboxylic acid groups (broad SMARTS) is 2. The molecule has 1 rings (SSSR count). The predicted octanol–water partition coefficient (Wildman–Crippen LogP) is 1.12. The topological polar surface area (TPSA) is 86.6 Å². The lowest BCUT2D eigenvalue weighted by molar-refractivity contribution is -0.159. The Bertz CT molecular complexity index is 350. The van der Waals surface area contributed by atoms with Crippen LogP contribution in [0.3, 0.4) is 0 Å². The van der Waals surface area contributed by atoms with E-state index < -0.39 is 11.9 Å². The minimum absolute atomic E-state index is 0.870. The minimum atomic E-state index is -1.82. The van der Waals surface area contributed by atoms with E-state index in [1.54, 1.807) is 0 Å². The summed E-state index contributed by atoms with van der Waals surface area (Å²) in [6.45, 7) is 5.42. The zero-order valence-electron chi connectivity index (χ0n) is 9.30. The fourth-order valence-electron chi connectivity index (χ4n) is 0.914. The van der Waals surface area contributed by atoms with Crippen LogP contribution in [-0.4, -0.2) is 28.7 Å². The van der Waals surface area contributed by atoms with Gasteiger partial charge >= 0.3 is 11.9 Å². The maximum atomic E-state index is 9.10. The molecule has 5 nitrogen and oxygen atoms in total. The van der Waals surface area contributed by atoms with E-state index in [-0.39, 0.29) is 0 Å². The number of nitrogens with one attached hydrogen (secondary N) is 1. The SMILES string of the molecule is C=CCNCc1ccccc1.O=C(O)C(=O)O. The highest BCUT2D eigenvalue weighted by Gasteiger charge is 2.04. The van der Waals surface area contributed by atoms with Crippen molar-refractivity contribution in [2.24, 2.45) is 0 Å². The van der Waals surface area contributed by atoms with Crippen LogP contribution in [0, 0.1) is 0 Å². The quantitative estimate of drug-likeness (QED) is 0.415. The second-order valence-electron chi connectivity index (χ2n) is 3.02. The molecule has 0 atom stereocenters. The average Bonchev–Trinajstić information content (AvgIpc) is 2.31. The van der Waals surface area contributed by atoms with Crippen LogP contribution in [0.15, 0.2) is 43.0 Å². The molecule has 1 aromatic rings. The first-order valence-corrected chi connectivity index (χ1v) is 4.89. The summed E-state index contributed by atoms with van der Waals surface area (Å²) in [5, 5.41) is 18.0. The van der Waals surface area contributed by atoms with E-state index in [2.05, 4.69) is 24.0 Å². The van der Waals surface area contributed by atoms with Crippen LogP contribution in [0.25, 0.3) is 0 Å². The second kappa shape index (κ2) is 9.11. The van der Waals surface area contributed by atoms with Crippen LogP contribution >= 0.6 is 0 Å². The first-order valence-electron chi connectivity index (χ1n) is 4.89.